The molecule has 1 aromatic rings. The van der Waals surface area contributed by atoms with Gasteiger partial charge in [-0.05, 0) is 49.3 Å². The first-order valence-corrected chi connectivity index (χ1v) is 9.27. The number of benzene rings is 1. The fraction of sp³-hybridized carbons (Fsp3) is 0.625. The lowest BCUT2D eigenvalue weighted by molar-refractivity contribution is 0.270. The summed E-state index contributed by atoms with van der Waals surface area (Å²) < 4.78 is 27.6. The maximum Gasteiger partial charge on any atom is 0.240 e. The molecule has 1 saturated carbocycles. The molecule has 1 aliphatic rings. The monoisotopic (exact) mass is 310 g/mol. The molecular formula is C16H26N2O2S. The second kappa shape index (κ2) is 6.79. The second-order valence-corrected chi connectivity index (χ2v) is 7.85. The molecule has 1 aliphatic carbocycles. The zero-order valence-corrected chi connectivity index (χ0v) is 13.7. The number of hydrogen-bond donors (Lipinski definition) is 2. The molecule has 0 heterocycles. The molecule has 0 aromatic heterocycles. The van der Waals surface area contributed by atoms with Crippen LogP contribution < -0.4 is 10.5 Å². The van der Waals surface area contributed by atoms with Gasteiger partial charge in [0.15, 0.2) is 0 Å². The lowest BCUT2D eigenvalue weighted by Crippen LogP contribution is -2.31. The average Bonchev–Trinajstić information content (AvgIpc) is 2.48. The van der Waals surface area contributed by atoms with Gasteiger partial charge in [-0.1, -0.05) is 32.3 Å². The van der Waals surface area contributed by atoms with Crippen molar-refractivity contribution in [3.8, 4) is 0 Å². The Balaban J connectivity index is 1.98. The Bertz CT molecular complexity index is 576. The highest BCUT2D eigenvalue weighted by atomic mass is 32.2. The molecule has 1 aromatic carbocycles. The van der Waals surface area contributed by atoms with Crippen LogP contribution in [0.3, 0.4) is 0 Å². The van der Waals surface area contributed by atoms with Gasteiger partial charge in [-0.2, -0.15) is 0 Å². The molecule has 3 N–H and O–H groups in total. The molecule has 0 spiro atoms. The second-order valence-electron chi connectivity index (χ2n) is 6.12. The third kappa shape index (κ3) is 3.98. The minimum absolute atomic E-state index is 0.296. The molecule has 0 bridgehead atoms. The van der Waals surface area contributed by atoms with Gasteiger partial charge in [-0.25, -0.2) is 13.1 Å². The number of hydrogen-bond acceptors (Lipinski definition) is 3. The van der Waals surface area contributed by atoms with E-state index in [4.69, 9.17) is 5.73 Å². The molecule has 5 heteroatoms. The summed E-state index contributed by atoms with van der Waals surface area (Å²) in [6, 6.07) is 5.02. The molecule has 4 nitrogen and oxygen atoms in total. The van der Waals surface area contributed by atoms with E-state index < -0.39 is 10.0 Å². The standard InChI is InChI=1S/C16H26N2O2S/c1-3-13-7-9-14(10-8-13)11-18-21(19,20)16-6-4-5-15(17)12(16)2/h4-6,13-14,18H,3,7-11,17H2,1-2H3. The predicted molar refractivity (Wildman–Crippen MR) is 86.5 cm³/mol. The first kappa shape index (κ1) is 16.3. The van der Waals surface area contributed by atoms with Gasteiger partial charge in [-0.3, -0.25) is 0 Å². The van der Waals surface area contributed by atoms with Crippen LogP contribution in [0.5, 0.6) is 0 Å². The van der Waals surface area contributed by atoms with Crippen molar-refractivity contribution in [3.63, 3.8) is 0 Å². The van der Waals surface area contributed by atoms with Crippen molar-refractivity contribution in [3.05, 3.63) is 23.8 Å². The van der Waals surface area contributed by atoms with Crippen molar-refractivity contribution >= 4 is 15.7 Å². The molecular weight excluding hydrogens is 284 g/mol. The number of nitrogens with two attached hydrogens (primary N) is 1. The SMILES string of the molecule is CCC1CCC(CNS(=O)(=O)c2cccc(N)c2C)CC1. The molecule has 0 amide bonds. The Labute approximate surface area is 128 Å². The van der Waals surface area contributed by atoms with Crippen molar-refractivity contribution < 1.29 is 8.42 Å². The Morgan fingerprint density at radius 2 is 1.81 bits per heavy atom. The van der Waals surface area contributed by atoms with E-state index in [0.717, 1.165) is 18.8 Å². The number of nitrogens with one attached hydrogen (secondary N) is 1. The first-order chi connectivity index (χ1) is 9.94. The maximum atomic E-state index is 12.4. The van der Waals surface area contributed by atoms with Crippen molar-refractivity contribution in [1.82, 2.24) is 4.72 Å². The first-order valence-electron chi connectivity index (χ1n) is 7.78. The van der Waals surface area contributed by atoms with E-state index in [2.05, 4.69) is 11.6 Å². The zero-order valence-electron chi connectivity index (χ0n) is 12.9. The van der Waals surface area contributed by atoms with Crippen LogP contribution in [-0.2, 0) is 10.0 Å². The Kier molecular flexibility index (Phi) is 5.27. The number of nitrogen functional groups attached to an aromatic ring is 1. The van der Waals surface area contributed by atoms with Gasteiger partial charge in [0.1, 0.15) is 0 Å². The fourth-order valence-corrected chi connectivity index (χ4v) is 4.46. The molecule has 1 fully saturated rings. The van der Waals surface area contributed by atoms with Crippen molar-refractivity contribution in [2.75, 3.05) is 12.3 Å². The molecule has 0 radical (unpaired) electrons. The predicted octanol–water partition coefficient (Wildman–Crippen LogP) is 3.07. The molecule has 0 saturated heterocycles. The molecule has 118 valence electrons. The van der Waals surface area contributed by atoms with Gasteiger partial charge < -0.3 is 5.73 Å². The van der Waals surface area contributed by atoms with Crippen LogP contribution in [0.1, 0.15) is 44.6 Å². The van der Waals surface area contributed by atoms with E-state index in [1.54, 1.807) is 25.1 Å². The molecule has 0 unspecified atom stereocenters. The highest BCUT2D eigenvalue weighted by Crippen LogP contribution is 2.30. The van der Waals surface area contributed by atoms with Gasteiger partial charge in [0.25, 0.3) is 0 Å². The van der Waals surface area contributed by atoms with Gasteiger partial charge in [-0.15, -0.1) is 0 Å². The summed E-state index contributed by atoms with van der Waals surface area (Å²) in [4.78, 5) is 0.296. The number of anilines is 1. The fourth-order valence-electron chi connectivity index (χ4n) is 3.07. The Morgan fingerprint density at radius 1 is 1.19 bits per heavy atom. The van der Waals surface area contributed by atoms with E-state index in [-0.39, 0.29) is 0 Å². The van der Waals surface area contributed by atoms with Crippen LogP contribution in [0.2, 0.25) is 0 Å². The largest absolute Gasteiger partial charge is 0.398 e. The summed E-state index contributed by atoms with van der Waals surface area (Å²) in [6.45, 7) is 4.51. The zero-order chi connectivity index (χ0) is 15.5. The number of rotatable bonds is 5. The van der Waals surface area contributed by atoms with Gasteiger partial charge in [0.2, 0.25) is 10.0 Å². The molecule has 0 atom stereocenters. The van der Waals surface area contributed by atoms with E-state index in [9.17, 15) is 8.42 Å². The van der Waals surface area contributed by atoms with E-state index in [1.807, 2.05) is 0 Å². The van der Waals surface area contributed by atoms with Gasteiger partial charge in [0, 0.05) is 12.2 Å². The summed E-state index contributed by atoms with van der Waals surface area (Å²) in [5.41, 5.74) is 6.93. The highest BCUT2D eigenvalue weighted by molar-refractivity contribution is 7.89. The molecule has 2 rings (SSSR count). The van der Waals surface area contributed by atoms with Gasteiger partial charge in [0.05, 0.1) is 4.90 Å². The lowest BCUT2D eigenvalue weighted by atomic mass is 9.81. The van der Waals surface area contributed by atoms with Crippen LogP contribution in [0, 0.1) is 18.8 Å². The Hall–Kier alpha value is -1.07. The smallest absolute Gasteiger partial charge is 0.240 e. The van der Waals surface area contributed by atoms with Crippen molar-refractivity contribution in [2.45, 2.75) is 50.8 Å². The highest BCUT2D eigenvalue weighted by Gasteiger charge is 2.23. The quantitative estimate of drug-likeness (QED) is 0.821. The summed E-state index contributed by atoms with van der Waals surface area (Å²) >= 11 is 0. The van der Waals surface area contributed by atoms with Crippen molar-refractivity contribution in [2.24, 2.45) is 11.8 Å². The van der Waals surface area contributed by atoms with Crippen LogP contribution in [-0.4, -0.2) is 15.0 Å². The summed E-state index contributed by atoms with van der Waals surface area (Å²) in [5.74, 6) is 1.29. The topological polar surface area (TPSA) is 72.2 Å². The van der Waals surface area contributed by atoms with Crippen LogP contribution in [0.4, 0.5) is 5.69 Å². The average molecular weight is 310 g/mol. The van der Waals surface area contributed by atoms with Gasteiger partial charge >= 0.3 is 0 Å². The third-order valence-electron chi connectivity index (χ3n) is 4.72. The Morgan fingerprint density at radius 3 is 2.43 bits per heavy atom. The van der Waals surface area contributed by atoms with Crippen LogP contribution in [0.25, 0.3) is 0 Å². The van der Waals surface area contributed by atoms with Crippen LogP contribution in [0.15, 0.2) is 23.1 Å². The summed E-state index contributed by atoms with van der Waals surface area (Å²) in [5, 5.41) is 0. The molecule has 0 aliphatic heterocycles. The maximum absolute atomic E-state index is 12.4. The van der Waals surface area contributed by atoms with E-state index in [1.165, 1.54) is 19.3 Å². The summed E-state index contributed by atoms with van der Waals surface area (Å²) in [7, 11) is -3.46. The van der Waals surface area contributed by atoms with Crippen LogP contribution >= 0.6 is 0 Å². The molecule has 21 heavy (non-hydrogen) atoms. The normalized spacial score (nSPS) is 23.1. The minimum Gasteiger partial charge on any atom is -0.398 e. The van der Waals surface area contributed by atoms with E-state index >= 15 is 0 Å². The van der Waals surface area contributed by atoms with Crippen molar-refractivity contribution in [1.29, 1.82) is 0 Å². The van der Waals surface area contributed by atoms with E-state index in [0.29, 0.717) is 28.6 Å². The number of sulfonamides is 1. The third-order valence-corrected chi connectivity index (χ3v) is 6.29. The summed E-state index contributed by atoms with van der Waals surface area (Å²) in [6.07, 6.45) is 5.93. The lowest BCUT2D eigenvalue weighted by Gasteiger charge is -2.27. The minimum atomic E-state index is -3.46.